The molecule has 0 saturated carbocycles. The molecule has 0 spiro atoms. The maximum Gasteiger partial charge on any atom is 0.168 e. The van der Waals surface area contributed by atoms with Gasteiger partial charge in [-0.05, 0) is 26.3 Å². The third-order valence-corrected chi connectivity index (χ3v) is 2.75. The zero-order valence-electron chi connectivity index (χ0n) is 12.4. The van der Waals surface area contributed by atoms with Crippen LogP contribution < -0.4 is 5.32 Å². The largest absolute Gasteiger partial charge is 0.308 e. The highest BCUT2D eigenvalue weighted by Gasteiger charge is 2.24. The van der Waals surface area contributed by atoms with E-state index in [1.54, 1.807) is 0 Å². The van der Waals surface area contributed by atoms with Gasteiger partial charge in [0, 0.05) is 23.1 Å². The molecule has 0 atom stereocenters. The van der Waals surface area contributed by atoms with Crippen molar-refractivity contribution in [2.24, 2.45) is 5.41 Å². The van der Waals surface area contributed by atoms with Gasteiger partial charge in [0.25, 0.3) is 0 Å². The Morgan fingerprint density at radius 3 is 2.11 bits per heavy atom. The Balaban J connectivity index is 2.97. The standard InChI is InChI=1S/C16H25NO/c1-15(2,3)14(18)13-10-8-7-9-12(13)11-17-16(4,5)6/h7-10,17H,11H2,1-6H3. The summed E-state index contributed by atoms with van der Waals surface area (Å²) < 4.78 is 0. The Bertz CT molecular complexity index is 421. The summed E-state index contributed by atoms with van der Waals surface area (Å²) in [6.45, 7) is 13.0. The molecule has 1 rings (SSSR count). The van der Waals surface area contributed by atoms with Gasteiger partial charge in [-0.15, -0.1) is 0 Å². The summed E-state index contributed by atoms with van der Waals surface area (Å²) in [5, 5.41) is 3.43. The van der Waals surface area contributed by atoms with Crippen molar-refractivity contribution in [2.45, 2.75) is 53.6 Å². The first kappa shape index (κ1) is 14.9. The number of carbonyl (C=O) groups is 1. The van der Waals surface area contributed by atoms with Crippen LogP contribution >= 0.6 is 0 Å². The van der Waals surface area contributed by atoms with Gasteiger partial charge in [0.15, 0.2) is 5.78 Å². The molecule has 1 N–H and O–H groups in total. The summed E-state index contributed by atoms with van der Waals surface area (Å²) >= 11 is 0. The van der Waals surface area contributed by atoms with E-state index < -0.39 is 0 Å². The molecule has 0 aliphatic rings. The van der Waals surface area contributed by atoms with Crippen LogP contribution in [0.2, 0.25) is 0 Å². The normalized spacial score (nSPS) is 12.6. The topological polar surface area (TPSA) is 29.1 Å². The van der Waals surface area contributed by atoms with Crippen LogP contribution in [0.3, 0.4) is 0 Å². The summed E-state index contributed by atoms with van der Waals surface area (Å²) in [6.07, 6.45) is 0. The zero-order chi connectivity index (χ0) is 14.0. The summed E-state index contributed by atoms with van der Waals surface area (Å²) in [5.41, 5.74) is 1.63. The molecule has 2 heteroatoms. The van der Waals surface area contributed by atoms with Crippen LogP contribution in [0.15, 0.2) is 24.3 Å². The minimum Gasteiger partial charge on any atom is -0.308 e. The number of rotatable bonds is 3. The minimum absolute atomic E-state index is 0.0535. The second-order valence-electron chi connectivity index (χ2n) is 6.84. The van der Waals surface area contributed by atoms with Gasteiger partial charge in [0.2, 0.25) is 0 Å². The monoisotopic (exact) mass is 247 g/mol. The van der Waals surface area contributed by atoms with Crippen molar-refractivity contribution < 1.29 is 4.79 Å². The van der Waals surface area contributed by atoms with Crippen molar-refractivity contribution >= 4 is 5.78 Å². The fourth-order valence-electron chi connectivity index (χ4n) is 1.66. The fourth-order valence-corrected chi connectivity index (χ4v) is 1.66. The number of carbonyl (C=O) groups excluding carboxylic acids is 1. The molecule has 100 valence electrons. The van der Waals surface area contributed by atoms with Gasteiger partial charge in [-0.2, -0.15) is 0 Å². The van der Waals surface area contributed by atoms with Crippen molar-refractivity contribution in [1.29, 1.82) is 0 Å². The molecule has 0 heterocycles. The maximum absolute atomic E-state index is 12.4. The van der Waals surface area contributed by atoms with E-state index in [0.29, 0.717) is 0 Å². The Hall–Kier alpha value is -1.15. The Labute approximate surface area is 111 Å². The average molecular weight is 247 g/mol. The van der Waals surface area contributed by atoms with E-state index in [9.17, 15) is 4.79 Å². The maximum atomic E-state index is 12.4. The van der Waals surface area contributed by atoms with E-state index in [0.717, 1.165) is 17.7 Å². The van der Waals surface area contributed by atoms with Gasteiger partial charge in [-0.25, -0.2) is 0 Å². The molecule has 0 bridgehead atoms. The second-order valence-corrected chi connectivity index (χ2v) is 6.84. The van der Waals surface area contributed by atoms with E-state index in [1.165, 1.54) is 0 Å². The van der Waals surface area contributed by atoms with Gasteiger partial charge >= 0.3 is 0 Å². The van der Waals surface area contributed by atoms with E-state index >= 15 is 0 Å². The second kappa shape index (κ2) is 5.23. The van der Waals surface area contributed by atoms with Gasteiger partial charge in [0.05, 0.1) is 0 Å². The summed E-state index contributed by atoms with van der Waals surface area (Å²) in [6, 6.07) is 7.86. The third kappa shape index (κ3) is 4.26. The van der Waals surface area contributed by atoms with Crippen molar-refractivity contribution in [3.8, 4) is 0 Å². The van der Waals surface area contributed by atoms with E-state index in [1.807, 2.05) is 45.0 Å². The highest BCUT2D eigenvalue weighted by molar-refractivity contribution is 6.01. The lowest BCUT2D eigenvalue weighted by Gasteiger charge is -2.23. The lowest BCUT2D eigenvalue weighted by atomic mass is 9.84. The number of Topliss-reactive ketones (excluding diaryl/α,β-unsaturated/α-hetero) is 1. The minimum atomic E-state index is -0.335. The van der Waals surface area contributed by atoms with Crippen molar-refractivity contribution in [3.05, 3.63) is 35.4 Å². The molecule has 1 aromatic rings. The molecule has 0 saturated heterocycles. The number of ketones is 1. The fraction of sp³-hybridized carbons (Fsp3) is 0.562. The van der Waals surface area contributed by atoms with Crippen LogP contribution in [0.1, 0.15) is 57.5 Å². The van der Waals surface area contributed by atoms with E-state index in [4.69, 9.17) is 0 Å². The van der Waals surface area contributed by atoms with Crippen LogP contribution in [-0.4, -0.2) is 11.3 Å². The van der Waals surface area contributed by atoms with Crippen LogP contribution in [0.5, 0.6) is 0 Å². The summed E-state index contributed by atoms with van der Waals surface area (Å²) in [5.74, 6) is 0.203. The van der Waals surface area contributed by atoms with Gasteiger partial charge < -0.3 is 5.32 Å². The SMILES string of the molecule is CC(C)(C)NCc1ccccc1C(=O)C(C)(C)C. The first-order chi connectivity index (χ1) is 8.11. The van der Waals surface area contributed by atoms with Gasteiger partial charge in [0.1, 0.15) is 0 Å². The van der Waals surface area contributed by atoms with Gasteiger partial charge in [-0.3, -0.25) is 4.79 Å². The predicted molar refractivity (Wildman–Crippen MR) is 76.8 cm³/mol. The Morgan fingerprint density at radius 2 is 1.61 bits per heavy atom. The number of benzene rings is 1. The predicted octanol–water partition coefficient (Wildman–Crippen LogP) is 3.80. The molecule has 0 aromatic heterocycles. The Kier molecular flexibility index (Phi) is 4.33. The molecule has 0 unspecified atom stereocenters. The summed E-state index contributed by atoms with van der Waals surface area (Å²) in [7, 11) is 0. The highest BCUT2D eigenvalue weighted by Crippen LogP contribution is 2.23. The van der Waals surface area contributed by atoms with Crippen LogP contribution in [0.25, 0.3) is 0 Å². The first-order valence-corrected chi connectivity index (χ1v) is 6.49. The average Bonchev–Trinajstić information content (AvgIpc) is 2.23. The zero-order valence-corrected chi connectivity index (χ0v) is 12.4. The molecule has 0 aliphatic carbocycles. The number of nitrogens with one attached hydrogen (secondary N) is 1. The molecular formula is C16H25NO. The quantitative estimate of drug-likeness (QED) is 0.823. The van der Waals surface area contributed by atoms with E-state index in [2.05, 4.69) is 26.1 Å². The molecular weight excluding hydrogens is 222 g/mol. The number of hydrogen-bond acceptors (Lipinski definition) is 2. The molecule has 1 aromatic carbocycles. The van der Waals surface area contributed by atoms with Gasteiger partial charge in [-0.1, -0.05) is 45.0 Å². The molecule has 2 nitrogen and oxygen atoms in total. The third-order valence-electron chi connectivity index (χ3n) is 2.75. The van der Waals surface area contributed by atoms with Crippen molar-refractivity contribution in [3.63, 3.8) is 0 Å². The lowest BCUT2D eigenvalue weighted by Crippen LogP contribution is -2.35. The Morgan fingerprint density at radius 1 is 1.06 bits per heavy atom. The molecule has 0 fully saturated rings. The molecule has 0 amide bonds. The smallest absolute Gasteiger partial charge is 0.168 e. The number of hydrogen-bond donors (Lipinski definition) is 1. The highest BCUT2D eigenvalue weighted by atomic mass is 16.1. The lowest BCUT2D eigenvalue weighted by molar-refractivity contribution is 0.0857. The van der Waals surface area contributed by atoms with Crippen molar-refractivity contribution in [1.82, 2.24) is 5.32 Å². The molecule has 0 radical (unpaired) electrons. The summed E-state index contributed by atoms with van der Waals surface area (Å²) in [4.78, 5) is 12.4. The molecule has 18 heavy (non-hydrogen) atoms. The van der Waals surface area contributed by atoms with Crippen molar-refractivity contribution in [2.75, 3.05) is 0 Å². The van der Waals surface area contributed by atoms with Crippen LogP contribution in [0, 0.1) is 5.41 Å². The van der Waals surface area contributed by atoms with E-state index in [-0.39, 0.29) is 16.7 Å². The van der Waals surface area contributed by atoms with Crippen LogP contribution in [0.4, 0.5) is 0 Å². The molecule has 0 aliphatic heterocycles. The first-order valence-electron chi connectivity index (χ1n) is 6.49. The van der Waals surface area contributed by atoms with Crippen LogP contribution in [-0.2, 0) is 6.54 Å².